The number of carbonyl (C=O) groups is 2. The minimum Gasteiger partial charge on any atom is -0.339 e. The third-order valence-corrected chi connectivity index (χ3v) is 6.35. The molecule has 1 aliphatic carbocycles. The van der Waals surface area contributed by atoms with Gasteiger partial charge in [0.15, 0.2) is 5.65 Å². The molecular weight excluding hydrogens is 342 g/mol. The standard InChI is InChI=1S/C20H25N5O2/c1-14-9-21-18-16(10-22-25(18)11-14)19(27)23-8-2-6-20(12-23)7-5-17(26)24(13-20)15-3-4-15/h9-11,15H,2-8,12-13H2,1H3. The Morgan fingerprint density at radius 1 is 1.22 bits per heavy atom. The fourth-order valence-corrected chi connectivity index (χ4v) is 4.77. The van der Waals surface area contributed by atoms with Gasteiger partial charge in [-0.1, -0.05) is 0 Å². The summed E-state index contributed by atoms with van der Waals surface area (Å²) in [6, 6.07) is 0.452. The van der Waals surface area contributed by atoms with Gasteiger partial charge in [-0.05, 0) is 44.6 Å². The van der Waals surface area contributed by atoms with E-state index in [0.29, 0.717) is 29.6 Å². The van der Waals surface area contributed by atoms with Crippen molar-refractivity contribution in [1.82, 2.24) is 24.4 Å². The van der Waals surface area contributed by atoms with Crippen molar-refractivity contribution in [3.63, 3.8) is 0 Å². The summed E-state index contributed by atoms with van der Waals surface area (Å²) in [5.41, 5.74) is 2.24. The molecule has 142 valence electrons. The average molecular weight is 367 g/mol. The Morgan fingerprint density at radius 2 is 2.07 bits per heavy atom. The van der Waals surface area contributed by atoms with Crippen molar-refractivity contribution >= 4 is 17.5 Å². The van der Waals surface area contributed by atoms with Crippen LogP contribution in [0.25, 0.3) is 5.65 Å². The van der Waals surface area contributed by atoms with Crippen LogP contribution in [0, 0.1) is 12.3 Å². The summed E-state index contributed by atoms with van der Waals surface area (Å²) in [5.74, 6) is 0.309. The van der Waals surface area contributed by atoms with E-state index in [1.54, 1.807) is 16.9 Å². The second kappa shape index (κ2) is 6.04. The molecule has 27 heavy (non-hydrogen) atoms. The SMILES string of the molecule is Cc1cnc2c(C(=O)N3CCCC4(CCC(=O)N(C5CC5)C4)C3)cnn2c1. The second-order valence-corrected chi connectivity index (χ2v) is 8.54. The van der Waals surface area contributed by atoms with Gasteiger partial charge in [0.25, 0.3) is 5.91 Å². The maximum Gasteiger partial charge on any atom is 0.259 e. The van der Waals surface area contributed by atoms with E-state index in [4.69, 9.17) is 0 Å². The number of amides is 2. The van der Waals surface area contributed by atoms with Crippen LogP contribution < -0.4 is 0 Å². The van der Waals surface area contributed by atoms with E-state index in [0.717, 1.165) is 57.3 Å². The lowest BCUT2D eigenvalue weighted by Gasteiger charge is -2.48. The molecule has 2 amide bonds. The summed E-state index contributed by atoms with van der Waals surface area (Å²) in [5, 5.41) is 4.31. The first-order valence-electron chi connectivity index (χ1n) is 9.93. The van der Waals surface area contributed by atoms with Crippen molar-refractivity contribution < 1.29 is 9.59 Å². The topological polar surface area (TPSA) is 70.8 Å². The molecule has 1 spiro atoms. The van der Waals surface area contributed by atoms with Crippen LogP contribution in [-0.2, 0) is 4.79 Å². The summed E-state index contributed by atoms with van der Waals surface area (Å²) >= 11 is 0. The third-order valence-electron chi connectivity index (χ3n) is 6.35. The van der Waals surface area contributed by atoms with Gasteiger partial charge in [-0.25, -0.2) is 9.50 Å². The van der Waals surface area contributed by atoms with Crippen LogP contribution in [0.2, 0.25) is 0 Å². The van der Waals surface area contributed by atoms with Gasteiger partial charge in [-0.2, -0.15) is 5.10 Å². The normalized spacial score (nSPS) is 26.2. The van der Waals surface area contributed by atoms with Crippen molar-refractivity contribution in [3.8, 4) is 0 Å². The molecule has 3 fully saturated rings. The van der Waals surface area contributed by atoms with Crippen molar-refractivity contribution in [1.29, 1.82) is 0 Å². The predicted molar refractivity (Wildman–Crippen MR) is 99.3 cm³/mol. The van der Waals surface area contributed by atoms with Gasteiger partial charge in [0.05, 0.1) is 6.20 Å². The number of fused-ring (bicyclic) bond motifs is 1. The zero-order valence-corrected chi connectivity index (χ0v) is 15.7. The van der Waals surface area contributed by atoms with Crippen molar-refractivity contribution in [3.05, 3.63) is 29.7 Å². The monoisotopic (exact) mass is 367 g/mol. The fraction of sp³-hybridized carbons (Fsp3) is 0.600. The molecule has 4 heterocycles. The summed E-state index contributed by atoms with van der Waals surface area (Å²) in [6.07, 6.45) is 11.2. The fourth-order valence-electron chi connectivity index (χ4n) is 4.77. The Balaban J connectivity index is 1.38. The van der Waals surface area contributed by atoms with Crippen molar-refractivity contribution in [2.24, 2.45) is 5.41 Å². The van der Waals surface area contributed by atoms with Crippen LogP contribution in [0.5, 0.6) is 0 Å². The van der Waals surface area contributed by atoms with Gasteiger partial charge in [0.1, 0.15) is 5.56 Å². The molecule has 5 rings (SSSR count). The minimum absolute atomic E-state index is 0.00954. The lowest BCUT2D eigenvalue weighted by atomic mass is 9.73. The van der Waals surface area contributed by atoms with Gasteiger partial charge in [0.2, 0.25) is 5.91 Å². The van der Waals surface area contributed by atoms with Crippen LogP contribution in [0.1, 0.15) is 54.4 Å². The van der Waals surface area contributed by atoms with E-state index >= 15 is 0 Å². The summed E-state index contributed by atoms with van der Waals surface area (Å²) < 4.78 is 1.68. The molecule has 1 unspecified atom stereocenters. The van der Waals surface area contributed by atoms with Crippen LogP contribution in [0.4, 0.5) is 0 Å². The molecule has 2 aromatic heterocycles. The van der Waals surface area contributed by atoms with E-state index in [2.05, 4.69) is 15.0 Å². The highest BCUT2D eigenvalue weighted by Crippen LogP contribution is 2.42. The first kappa shape index (κ1) is 16.7. The predicted octanol–water partition coefficient (Wildman–Crippen LogP) is 2.04. The maximum absolute atomic E-state index is 13.2. The van der Waals surface area contributed by atoms with E-state index in [-0.39, 0.29) is 11.3 Å². The Kier molecular flexibility index (Phi) is 3.74. The molecule has 7 nitrogen and oxygen atoms in total. The molecular formula is C20H25N5O2. The molecule has 2 aliphatic heterocycles. The van der Waals surface area contributed by atoms with Crippen molar-refractivity contribution in [2.45, 2.75) is 51.5 Å². The van der Waals surface area contributed by atoms with Gasteiger partial charge >= 0.3 is 0 Å². The molecule has 7 heteroatoms. The number of likely N-dealkylation sites (tertiary alicyclic amines) is 2. The molecule has 3 aliphatic rings. The van der Waals surface area contributed by atoms with Crippen LogP contribution in [0.3, 0.4) is 0 Å². The number of carbonyl (C=O) groups excluding carboxylic acids is 2. The Labute approximate surface area is 158 Å². The number of aromatic nitrogens is 3. The smallest absolute Gasteiger partial charge is 0.259 e. The number of aryl methyl sites for hydroxylation is 1. The Morgan fingerprint density at radius 3 is 2.89 bits per heavy atom. The van der Waals surface area contributed by atoms with E-state index < -0.39 is 0 Å². The van der Waals surface area contributed by atoms with Crippen LogP contribution >= 0.6 is 0 Å². The Hall–Kier alpha value is -2.44. The summed E-state index contributed by atoms with van der Waals surface area (Å²) in [7, 11) is 0. The highest BCUT2D eigenvalue weighted by Gasteiger charge is 2.46. The summed E-state index contributed by atoms with van der Waals surface area (Å²) in [4.78, 5) is 34.0. The number of rotatable bonds is 2. The largest absolute Gasteiger partial charge is 0.339 e. The first-order chi connectivity index (χ1) is 13.0. The quantitative estimate of drug-likeness (QED) is 0.814. The number of piperidine rings is 2. The molecule has 1 atom stereocenters. The first-order valence-corrected chi connectivity index (χ1v) is 9.93. The number of hydrogen-bond acceptors (Lipinski definition) is 4. The van der Waals surface area contributed by atoms with Crippen LogP contribution in [-0.4, -0.2) is 61.9 Å². The second-order valence-electron chi connectivity index (χ2n) is 8.54. The molecule has 0 bridgehead atoms. The third kappa shape index (κ3) is 2.89. The van der Waals surface area contributed by atoms with Gasteiger partial charge < -0.3 is 9.80 Å². The average Bonchev–Trinajstić information content (AvgIpc) is 3.43. The number of hydrogen-bond donors (Lipinski definition) is 0. The summed E-state index contributed by atoms with van der Waals surface area (Å²) in [6.45, 7) is 4.26. The van der Waals surface area contributed by atoms with Gasteiger partial charge in [0, 0.05) is 49.9 Å². The highest BCUT2D eigenvalue weighted by atomic mass is 16.2. The highest BCUT2D eigenvalue weighted by molar-refractivity contribution is 5.99. The van der Waals surface area contributed by atoms with E-state index in [1.165, 1.54) is 0 Å². The Bertz CT molecular complexity index is 918. The lowest BCUT2D eigenvalue weighted by Crippen LogP contribution is -2.55. The van der Waals surface area contributed by atoms with Crippen LogP contribution in [0.15, 0.2) is 18.6 Å². The minimum atomic E-state index is 0.00954. The molecule has 2 saturated heterocycles. The molecule has 1 saturated carbocycles. The zero-order chi connectivity index (χ0) is 18.6. The van der Waals surface area contributed by atoms with E-state index in [1.807, 2.05) is 18.0 Å². The lowest BCUT2D eigenvalue weighted by molar-refractivity contribution is -0.139. The maximum atomic E-state index is 13.2. The van der Waals surface area contributed by atoms with Gasteiger partial charge in [-0.3, -0.25) is 9.59 Å². The number of nitrogens with zero attached hydrogens (tertiary/aromatic N) is 5. The zero-order valence-electron chi connectivity index (χ0n) is 15.7. The van der Waals surface area contributed by atoms with Crippen molar-refractivity contribution in [2.75, 3.05) is 19.6 Å². The molecule has 0 radical (unpaired) electrons. The molecule has 2 aromatic rings. The van der Waals surface area contributed by atoms with E-state index in [9.17, 15) is 9.59 Å². The molecule has 0 N–H and O–H groups in total. The molecule has 0 aromatic carbocycles. The van der Waals surface area contributed by atoms with Gasteiger partial charge in [-0.15, -0.1) is 0 Å².